The van der Waals surface area contributed by atoms with Crippen molar-refractivity contribution in [1.82, 2.24) is 10.2 Å². The average molecular weight is 377 g/mol. The number of thioether (sulfide) groups is 1. The molecule has 2 aromatic rings. The number of nitrogens with zero attached hydrogens (tertiary/aromatic N) is 1. The van der Waals surface area contributed by atoms with E-state index in [2.05, 4.69) is 58.3 Å². The van der Waals surface area contributed by atoms with Gasteiger partial charge in [0.05, 0.1) is 6.04 Å². The largest absolute Gasteiger partial charge is 0.314 e. The fraction of sp³-hybridized carbons (Fsp3) is 0.375. The van der Waals surface area contributed by atoms with Gasteiger partial charge in [0.2, 0.25) is 0 Å². The van der Waals surface area contributed by atoms with Crippen molar-refractivity contribution in [1.29, 1.82) is 0 Å². The van der Waals surface area contributed by atoms with E-state index in [1.54, 1.807) is 11.8 Å². The van der Waals surface area contributed by atoms with Crippen LogP contribution in [0.2, 0.25) is 0 Å². The van der Waals surface area contributed by atoms with E-state index in [0.717, 1.165) is 26.2 Å². The van der Waals surface area contributed by atoms with Gasteiger partial charge in [0.25, 0.3) is 0 Å². The number of halogens is 2. The van der Waals surface area contributed by atoms with Gasteiger partial charge in [-0.25, -0.2) is 0 Å². The molecule has 6 heteroatoms. The predicted octanol–water partition coefficient (Wildman–Crippen LogP) is 4.31. The lowest BCUT2D eigenvalue weighted by molar-refractivity contribution is 0.200. The van der Waals surface area contributed by atoms with Gasteiger partial charge in [0.15, 0.2) is 0 Å². The van der Waals surface area contributed by atoms with Gasteiger partial charge in [-0.2, -0.15) is 0 Å². The average Bonchev–Trinajstić information content (AvgIpc) is 3.03. The Morgan fingerprint density at radius 1 is 1.09 bits per heavy atom. The molecule has 2 nitrogen and oxygen atoms in total. The molecule has 0 radical (unpaired) electrons. The summed E-state index contributed by atoms with van der Waals surface area (Å²) in [5.41, 5.74) is 1.41. The van der Waals surface area contributed by atoms with Crippen molar-refractivity contribution in [2.75, 3.05) is 32.4 Å². The van der Waals surface area contributed by atoms with Crippen LogP contribution in [0.25, 0.3) is 0 Å². The number of benzene rings is 1. The van der Waals surface area contributed by atoms with Crippen LogP contribution in [-0.2, 0) is 0 Å². The van der Waals surface area contributed by atoms with Crippen molar-refractivity contribution in [3.8, 4) is 0 Å². The van der Waals surface area contributed by atoms with Crippen LogP contribution < -0.4 is 5.32 Å². The Bertz CT molecular complexity index is 526. The van der Waals surface area contributed by atoms with Crippen molar-refractivity contribution in [3.05, 3.63) is 52.2 Å². The lowest BCUT2D eigenvalue weighted by Gasteiger charge is -2.34. The molecule has 1 saturated heterocycles. The molecular weight excluding hydrogens is 355 g/mol. The van der Waals surface area contributed by atoms with Crippen LogP contribution in [0.4, 0.5) is 0 Å². The number of piperazine rings is 1. The Balaban J connectivity index is 0.00000121. The van der Waals surface area contributed by atoms with Crippen LogP contribution in [0.15, 0.2) is 46.7 Å². The highest BCUT2D eigenvalue weighted by atomic mass is 35.5. The van der Waals surface area contributed by atoms with Crippen LogP contribution in [-0.4, -0.2) is 37.3 Å². The lowest BCUT2D eigenvalue weighted by atomic mass is 10.0. The molecule has 3 rings (SSSR count). The first-order valence-electron chi connectivity index (χ1n) is 7.00. The Morgan fingerprint density at radius 3 is 2.32 bits per heavy atom. The van der Waals surface area contributed by atoms with E-state index in [4.69, 9.17) is 0 Å². The summed E-state index contributed by atoms with van der Waals surface area (Å²) in [5, 5.41) is 5.62. The van der Waals surface area contributed by atoms with Crippen LogP contribution in [0.5, 0.6) is 0 Å². The SMILES string of the molecule is CSc1ccc([C@H](c2cccs2)N2CCNCC2)cc1.Cl.Cl. The van der Waals surface area contributed by atoms with Gasteiger partial charge >= 0.3 is 0 Å². The number of hydrogen-bond donors (Lipinski definition) is 1. The van der Waals surface area contributed by atoms with Crippen LogP contribution in [0.3, 0.4) is 0 Å². The first-order chi connectivity index (χ1) is 9.88. The molecule has 1 aromatic heterocycles. The van der Waals surface area contributed by atoms with Gasteiger partial charge in [0, 0.05) is 36.0 Å². The smallest absolute Gasteiger partial charge is 0.0696 e. The summed E-state index contributed by atoms with van der Waals surface area (Å²) in [6.07, 6.45) is 2.13. The van der Waals surface area contributed by atoms with E-state index in [1.165, 1.54) is 15.3 Å². The molecule has 22 heavy (non-hydrogen) atoms. The predicted molar refractivity (Wildman–Crippen MR) is 103 cm³/mol. The zero-order chi connectivity index (χ0) is 13.8. The molecule has 0 spiro atoms. The fourth-order valence-corrected chi connectivity index (χ4v) is 4.02. The number of thiophene rings is 1. The minimum absolute atomic E-state index is 0. The van der Waals surface area contributed by atoms with Gasteiger partial charge in [-0.3, -0.25) is 4.90 Å². The number of hydrogen-bond acceptors (Lipinski definition) is 4. The summed E-state index contributed by atoms with van der Waals surface area (Å²) in [6, 6.07) is 13.9. The highest BCUT2D eigenvalue weighted by Gasteiger charge is 2.24. The highest BCUT2D eigenvalue weighted by Crippen LogP contribution is 2.32. The van der Waals surface area contributed by atoms with Crippen molar-refractivity contribution in [3.63, 3.8) is 0 Å². The van der Waals surface area contributed by atoms with E-state index < -0.39 is 0 Å². The zero-order valence-corrected chi connectivity index (χ0v) is 15.8. The second kappa shape index (κ2) is 9.81. The molecule has 1 N–H and O–H groups in total. The summed E-state index contributed by atoms with van der Waals surface area (Å²) in [7, 11) is 0. The molecule has 1 aliphatic heterocycles. The molecule has 1 aliphatic rings. The normalized spacial score (nSPS) is 16.4. The highest BCUT2D eigenvalue weighted by molar-refractivity contribution is 7.98. The molecule has 122 valence electrons. The first-order valence-corrected chi connectivity index (χ1v) is 9.11. The van der Waals surface area contributed by atoms with E-state index in [9.17, 15) is 0 Å². The van der Waals surface area contributed by atoms with Gasteiger partial charge in [-0.05, 0) is 35.4 Å². The molecule has 1 atom stereocenters. The van der Waals surface area contributed by atoms with Gasteiger partial charge in [-0.1, -0.05) is 18.2 Å². The minimum Gasteiger partial charge on any atom is -0.314 e. The first kappa shape index (κ1) is 19.8. The summed E-state index contributed by atoms with van der Waals surface area (Å²) >= 11 is 3.66. The molecule has 0 unspecified atom stereocenters. The Morgan fingerprint density at radius 2 is 1.77 bits per heavy atom. The summed E-state index contributed by atoms with van der Waals surface area (Å²) < 4.78 is 0. The molecule has 2 heterocycles. The Hall–Kier alpha value is -0.230. The van der Waals surface area contributed by atoms with E-state index in [-0.39, 0.29) is 24.8 Å². The molecule has 0 bridgehead atoms. The van der Waals surface area contributed by atoms with Crippen LogP contribution >= 0.6 is 47.9 Å². The quantitative estimate of drug-likeness (QED) is 0.800. The maximum Gasteiger partial charge on any atom is 0.0696 e. The topological polar surface area (TPSA) is 15.3 Å². The fourth-order valence-electron chi connectivity index (χ4n) is 2.73. The maximum absolute atomic E-state index is 3.44. The summed E-state index contributed by atoms with van der Waals surface area (Å²) in [4.78, 5) is 5.37. The van der Waals surface area contributed by atoms with Crippen molar-refractivity contribution in [2.24, 2.45) is 0 Å². The van der Waals surface area contributed by atoms with Crippen molar-refractivity contribution >= 4 is 47.9 Å². The minimum atomic E-state index is 0. The third-order valence-corrected chi connectivity index (χ3v) is 5.43. The van der Waals surface area contributed by atoms with Crippen LogP contribution in [0.1, 0.15) is 16.5 Å². The number of nitrogens with one attached hydrogen (secondary N) is 1. The Labute approximate surface area is 153 Å². The molecule has 0 amide bonds. The summed E-state index contributed by atoms with van der Waals surface area (Å²) in [5.74, 6) is 0. The molecule has 1 fully saturated rings. The molecule has 0 saturated carbocycles. The van der Waals surface area contributed by atoms with Crippen molar-refractivity contribution < 1.29 is 0 Å². The van der Waals surface area contributed by atoms with Crippen molar-refractivity contribution in [2.45, 2.75) is 10.9 Å². The third kappa shape index (κ3) is 4.63. The molecule has 0 aliphatic carbocycles. The van der Waals surface area contributed by atoms with Gasteiger partial charge in [-0.15, -0.1) is 47.9 Å². The van der Waals surface area contributed by atoms with E-state index in [0.29, 0.717) is 6.04 Å². The third-order valence-electron chi connectivity index (χ3n) is 3.76. The Kier molecular flexibility index (Phi) is 8.83. The molecular formula is C16H22Cl2N2S2. The van der Waals surface area contributed by atoms with Gasteiger partial charge < -0.3 is 5.32 Å². The zero-order valence-electron chi connectivity index (χ0n) is 12.5. The monoisotopic (exact) mass is 376 g/mol. The summed E-state index contributed by atoms with van der Waals surface area (Å²) in [6.45, 7) is 4.41. The van der Waals surface area contributed by atoms with E-state index in [1.807, 2.05) is 11.3 Å². The second-order valence-electron chi connectivity index (χ2n) is 4.98. The van der Waals surface area contributed by atoms with E-state index >= 15 is 0 Å². The van der Waals surface area contributed by atoms with Crippen LogP contribution in [0, 0.1) is 0 Å². The maximum atomic E-state index is 3.44. The standard InChI is InChI=1S/C16H20N2S2.2ClH/c1-19-14-6-4-13(5-7-14)16(15-3-2-12-20-15)18-10-8-17-9-11-18;;/h2-7,12,16-17H,8-11H2,1H3;2*1H/t16-;;/m1../s1. The second-order valence-corrected chi connectivity index (χ2v) is 6.84. The molecule has 1 aromatic carbocycles. The number of rotatable bonds is 4. The van der Waals surface area contributed by atoms with Gasteiger partial charge in [0.1, 0.15) is 0 Å². The lowest BCUT2D eigenvalue weighted by Crippen LogP contribution is -2.45.